The maximum absolute atomic E-state index is 11.0. The molecule has 4 heteroatoms. The fourth-order valence-electron chi connectivity index (χ4n) is 1.96. The highest BCUT2D eigenvalue weighted by atomic mass is 16.4. The molecule has 3 N–H and O–H groups in total. The topological polar surface area (TPSA) is 73.3 Å². The maximum atomic E-state index is 11.0. The summed E-state index contributed by atoms with van der Waals surface area (Å²) in [4.78, 5) is 14.1. The molecule has 1 heterocycles. The second kappa shape index (κ2) is 4.49. The quantitative estimate of drug-likeness (QED) is 0.759. The molecule has 0 aliphatic rings. The van der Waals surface area contributed by atoms with Crippen molar-refractivity contribution < 1.29 is 15.0 Å². The van der Waals surface area contributed by atoms with Crippen LogP contribution in [-0.2, 0) is 11.2 Å². The van der Waals surface area contributed by atoms with Crippen molar-refractivity contribution in [1.29, 1.82) is 0 Å². The number of phenolic OH excluding ortho intramolecular Hbond substituents is 1. The Balaban J connectivity index is 2.27. The Morgan fingerprint density at radius 3 is 2.82 bits per heavy atom. The molecule has 1 unspecified atom stereocenters. The minimum Gasteiger partial charge on any atom is -0.508 e. The van der Waals surface area contributed by atoms with Crippen molar-refractivity contribution in [1.82, 2.24) is 4.98 Å². The zero-order valence-electron chi connectivity index (χ0n) is 9.60. The van der Waals surface area contributed by atoms with Crippen molar-refractivity contribution in [2.45, 2.75) is 19.8 Å². The first-order chi connectivity index (χ1) is 8.10. The van der Waals surface area contributed by atoms with Gasteiger partial charge in [-0.3, -0.25) is 4.79 Å². The standard InChI is InChI=1S/C13H15NO3/c1-2-8(13(16)17)5-10-6-9-7-11(15)3-4-12(9)14-10/h3-4,6-8,14-15H,2,5H2,1H3,(H,16,17). The largest absolute Gasteiger partial charge is 0.508 e. The minimum atomic E-state index is -0.769. The van der Waals surface area contributed by atoms with Gasteiger partial charge in [0, 0.05) is 23.0 Å². The van der Waals surface area contributed by atoms with Gasteiger partial charge in [0.25, 0.3) is 0 Å². The SMILES string of the molecule is CCC(Cc1cc2cc(O)ccc2[nH]1)C(=O)O. The minimum absolute atomic E-state index is 0.216. The number of nitrogens with one attached hydrogen (secondary N) is 1. The Kier molecular flexibility index (Phi) is 3.04. The van der Waals surface area contributed by atoms with Crippen molar-refractivity contribution in [3.8, 4) is 5.75 Å². The van der Waals surface area contributed by atoms with E-state index in [1.165, 1.54) is 0 Å². The number of aromatic amines is 1. The van der Waals surface area contributed by atoms with Gasteiger partial charge in [-0.05, 0) is 30.7 Å². The zero-order valence-corrected chi connectivity index (χ0v) is 9.60. The van der Waals surface area contributed by atoms with Gasteiger partial charge < -0.3 is 15.2 Å². The number of aliphatic carboxylic acids is 1. The molecule has 4 nitrogen and oxygen atoms in total. The Labute approximate surface area is 98.9 Å². The highest BCUT2D eigenvalue weighted by molar-refractivity contribution is 5.82. The van der Waals surface area contributed by atoms with Gasteiger partial charge in [0.15, 0.2) is 0 Å². The monoisotopic (exact) mass is 233 g/mol. The molecule has 0 aliphatic carbocycles. The third-order valence-electron chi connectivity index (χ3n) is 2.97. The number of hydrogen-bond donors (Lipinski definition) is 3. The number of benzene rings is 1. The van der Waals surface area contributed by atoms with Crippen LogP contribution in [0.25, 0.3) is 10.9 Å². The van der Waals surface area contributed by atoms with Crippen LogP contribution < -0.4 is 0 Å². The van der Waals surface area contributed by atoms with Crippen LogP contribution in [0.4, 0.5) is 0 Å². The number of phenols is 1. The summed E-state index contributed by atoms with van der Waals surface area (Å²) in [6.07, 6.45) is 1.09. The average molecular weight is 233 g/mol. The average Bonchev–Trinajstić information content (AvgIpc) is 2.66. The number of carboxylic acid groups (broad SMARTS) is 1. The van der Waals surface area contributed by atoms with E-state index < -0.39 is 5.97 Å². The molecule has 0 saturated heterocycles. The molecule has 2 rings (SSSR count). The van der Waals surface area contributed by atoms with Gasteiger partial charge in [-0.2, -0.15) is 0 Å². The molecule has 0 bridgehead atoms. The van der Waals surface area contributed by atoms with Crippen LogP contribution >= 0.6 is 0 Å². The molecule has 0 amide bonds. The number of carbonyl (C=O) groups is 1. The predicted molar refractivity (Wildman–Crippen MR) is 65.1 cm³/mol. The number of rotatable bonds is 4. The summed E-state index contributed by atoms with van der Waals surface area (Å²) in [5.41, 5.74) is 1.80. The van der Waals surface area contributed by atoms with Crippen LogP contribution in [0.2, 0.25) is 0 Å². The van der Waals surface area contributed by atoms with Crippen LogP contribution in [0.3, 0.4) is 0 Å². The summed E-state index contributed by atoms with van der Waals surface area (Å²) < 4.78 is 0. The van der Waals surface area contributed by atoms with Crippen molar-refractivity contribution in [3.05, 3.63) is 30.0 Å². The lowest BCUT2D eigenvalue weighted by molar-refractivity contribution is -0.141. The molecule has 0 fully saturated rings. The molecule has 0 aliphatic heterocycles. The molecule has 0 saturated carbocycles. The van der Waals surface area contributed by atoms with E-state index >= 15 is 0 Å². The van der Waals surface area contributed by atoms with Gasteiger partial charge in [-0.25, -0.2) is 0 Å². The maximum Gasteiger partial charge on any atom is 0.306 e. The molecular weight excluding hydrogens is 218 g/mol. The Morgan fingerprint density at radius 2 is 2.18 bits per heavy atom. The smallest absolute Gasteiger partial charge is 0.306 e. The lowest BCUT2D eigenvalue weighted by atomic mass is 10.0. The van der Waals surface area contributed by atoms with E-state index in [0.717, 1.165) is 16.6 Å². The first-order valence-electron chi connectivity index (χ1n) is 5.63. The lowest BCUT2D eigenvalue weighted by Crippen LogP contribution is -2.15. The molecular formula is C13H15NO3. The number of fused-ring (bicyclic) bond motifs is 1. The third kappa shape index (κ3) is 2.41. The first-order valence-corrected chi connectivity index (χ1v) is 5.63. The van der Waals surface area contributed by atoms with Crippen LogP contribution in [0.1, 0.15) is 19.0 Å². The summed E-state index contributed by atoms with van der Waals surface area (Å²) in [5.74, 6) is -0.918. The van der Waals surface area contributed by atoms with Gasteiger partial charge in [0.2, 0.25) is 0 Å². The summed E-state index contributed by atoms with van der Waals surface area (Å²) in [6, 6.07) is 6.95. The summed E-state index contributed by atoms with van der Waals surface area (Å²) >= 11 is 0. The van der Waals surface area contributed by atoms with Crippen molar-refractivity contribution in [3.63, 3.8) is 0 Å². The second-order valence-corrected chi connectivity index (χ2v) is 4.21. The van der Waals surface area contributed by atoms with Crippen molar-refractivity contribution in [2.75, 3.05) is 0 Å². The predicted octanol–water partition coefficient (Wildman–Crippen LogP) is 2.53. The van der Waals surface area contributed by atoms with Crippen molar-refractivity contribution in [2.24, 2.45) is 5.92 Å². The van der Waals surface area contributed by atoms with Crippen molar-refractivity contribution >= 4 is 16.9 Å². The van der Waals surface area contributed by atoms with Crippen LogP contribution in [0, 0.1) is 5.92 Å². The number of aromatic hydroxyl groups is 1. The lowest BCUT2D eigenvalue weighted by Gasteiger charge is -2.07. The number of carboxylic acids is 1. The molecule has 17 heavy (non-hydrogen) atoms. The molecule has 0 spiro atoms. The molecule has 90 valence electrons. The number of H-pyrrole nitrogens is 1. The number of aromatic nitrogens is 1. The third-order valence-corrected chi connectivity index (χ3v) is 2.97. The molecule has 1 aromatic carbocycles. The van der Waals surface area contributed by atoms with Gasteiger partial charge >= 0.3 is 5.97 Å². The van der Waals surface area contributed by atoms with E-state index in [4.69, 9.17) is 5.11 Å². The summed E-state index contributed by atoms with van der Waals surface area (Å²) in [7, 11) is 0. The normalized spacial score (nSPS) is 12.8. The van der Waals surface area contributed by atoms with Gasteiger partial charge in [-0.1, -0.05) is 6.92 Å². The second-order valence-electron chi connectivity index (χ2n) is 4.21. The first kappa shape index (κ1) is 11.5. The molecule has 1 atom stereocenters. The van der Waals surface area contributed by atoms with Crippen LogP contribution in [0.5, 0.6) is 5.75 Å². The highest BCUT2D eigenvalue weighted by Crippen LogP contribution is 2.22. The van der Waals surface area contributed by atoms with Gasteiger partial charge in [0.05, 0.1) is 5.92 Å². The Morgan fingerprint density at radius 1 is 1.41 bits per heavy atom. The van der Waals surface area contributed by atoms with E-state index in [0.29, 0.717) is 12.8 Å². The van der Waals surface area contributed by atoms with E-state index in [9.17, 15) is 9.90 Å². The molecule has 2 aromatic rings. The number of hydrogen-bond acceptors (Lipinski definition) is 2. The van der Waals surface area contributed by atoms with E-state index in [2.05, 4.69) is 4.98 Å². The van der Waals surface area contributed by atoms with Crippen LogP contribution in [-0.4, -0.2) is 21.2 Å². The fourth-order valence-corrected chi connectivity index (χ4v) is 1.96. The zero-order chi connectivity index (χ0) is 12.4. The van der Waals surface area contributed by atoms with Gasteiger partial charge in [0.1, 0.15) is 5.75 Å². The fraction of sp³-hybridized carbons (Fsp3) is 0.308. The molecule has 1 aromatic heterocycles. The summed E-state index contributed by atoms with van der Waals surface area (Å²) in [6.45, 7) is 1.87. The van der Waals surface area contributed by atoms with Crippen LogP contribution in [0.15, 0.2) is 24.3 Å². The summed E-state index contributed by atoms with van der Waals surface area (Å²) in [5, 5.41) is 19.3. The highest BCUT2D eigenvalue weighted by Gasteiger charge is 2.16. The Bertz CT molecular complexity index is 545. The molecule has 0 radical (unpaired) electrons. The Hall–Kier alpha value is -1.97. The van der Waals surface area contributed by atoms with E-state index in [1.807, 2.05) is 13.0 Å². The van der Waals surface area contributed by atoms with Gasteiger partial charge in [-0.15, -0.1) is 0 Å². The van der Waals surface area contributed by atoms with E-state index in [-0.39, 0.29) is 11.7 Å². The van der Waals surface area contributed by atoms with E-state index in [1.54, 1.807) is 18.2 Å².